The van der Waals surface area contributed by atoms with Crippen LogP contribution < -0.4 is 4.74 Å². The smallest absolute Gasteiger partial charge is 0.262 e. The molecule has 1 aromatic carbocycles. The standard InChI is InChI=1S/C22H26N4O3S/c1-25-15-22(23-16-25)30(27,28)26-11-9-18(10-12-26)21-8-4-6-19(24-21)13-17-5-3-7-20(14-17)29-2/h3-8,14-16,18H,9-13H2,1-2H3. The summed E-state index contributed by atoms with van der Waals surface area (Å²) < 4.78 is 34.0. The maximum absolute atomic E-state index is 12.8. The lowest BCUT2D eigenvalue weighted by atomic mass is 9.94. The van der Waals surface area contributed by atoms with Crippen molar-refractivity contribution in [2.24, 2.45) is 7.05 Å². The molecule has 3 aromatic rings. The molecule has 0 radical (unpaired) electrons. The normalized spacial score (nSPS) is 15.9. The van der Waals surface area contributed by atoms with E-state index in [1.807, 2.05) is 36.4 Å². The predicted octanol–water partition coefficient (Wildman–Crippen LogP) is 2.98. The number of piperidine rings is 1. The Hall–Kier alpha value is -2.71. The Labute approximate surface area is 177 Å². The van der Waals surface area contributed by atoms with Crippen molar-refractivity contribution in [3.63, 3.8) is 0 Å². The molecule has 4 rings (SSSR count). The second-order valence-electron chi connectivity index (χ2n) is 7.64. The molecule has 0 spiro atoms. The van der Waals surface area contributed by atoms with Crippen LogP contribution in [0.1, 0.15) is 35.7 Å². The topological polar surface area (TPSA) is 77.3 Å². The highest BCUT2D eigenvalue weighted by Crippen LogP contribution is 2.30. The number of hydrogen-bond acceptors (Lipinski definition) is 5. The Bertz CT molecular complexity index is 1120. The van der Waals surface area contributed by atoms with Gasteiger partial charge in [-0.2, -0.15) is 4.31 Å². The summed E-state index contributed by atoms with van der Waals surface area (Å²) >= 11 is 0. The van der Waals surface area contributed by atoms with Crippen molar-refractivity contribution >= 4 is 10.0 Å². The number of aryl methyl sites for hydroxylation is 1. The molecule has 1 fully saturated rings. The number of methoxy groups -OCH3 is 1. The van der Waals surface area contributed by atoms with E-state index in [1.165, 1.54) is 10.6 Å². The van der Waals surface area contributed by atoms with Gasteiger partial charge in [-0.3, -0.25) is 4.98 Å². The molecule has 1 aliphatic rings. The van der Waals surface area contributed by atoms with E-state index >= 15 is 0 Å². The Balaban J connectivity index is 1.43. The van der Waals surface area contributed by atoms with E-state index in [0.717, 1.165) is 42.0 Å². The Kier molecular flexibility index (Phi) is 5.87. The van der Waals surface area contributed by atoms with Crippen LogP contribution in [0.3, 0.4) is 0 Å². The summed E-state index contributed by atoms with van der Waals surface area (Å²) in [6.45, 7) is 0.955. The zero-order valence-electron chi connectivity index (χ0n) is 17.2. The third-order valence-electron chi connectivity index (χ3n) is 5.51. The second kappa shape index (κ2) is 8.57. The number of pyridine rings is 1. The van der Waals surface area contributed by atoms with Crippen LogP contribution in [0.2, 0.25) is 0 Å². The van der Waals surface area contributed by atoms with E-state index in [4.69, 9.17) is 9.72 Å². The molecule has 1 aliphatic heterocycles. The molecular formula is C22H26N4O3S. The van der Waals surface area contributed by atoms with Gasteiger partial charge in [0.2, 0.25) is 0 Å². The first kappa shape index (κ1) is 20.6. The molecule has 0 unspecified atom stereocenters. The fourth-order valence-electron chi connectivity index (χ4n) is 3.86. The summed E-state index contributed by atoms with van der Waals surface area (Å²) in [5.74, 6) is 1.09. The highest BCUT2D eigenvalue weighted by atomic mass is 32.2. The van der Waals surface area contributed by atoms with E-state index in [1.54, 1.807) is 24.9 Å². The van der Waals surface area contributed by atoms with Crippen molar-refractivity contribution in [2.45, 2.75) is 30.2 Å². The van der Waals surface area contributed by atoms with Crippen molar-refractivity contribution in [3.8, 4) is 5.75 Å². The lowest BCUT2D eigenvalue weighted by molar-refractivity contribution is 0.315. The summed E-state index contributed by atoms with van der Waals surface area (Å²) in [7, 11) is -0.102. The third-order valence-corrected chi connectivity index (χ3v) is 7.29. The average molecular weight is 427 g/mol. The van der Waals surface area contributed by atoms with Crippen LogP contribution in [0.5, 0.6) is 5.75 Å². The first-order valence-electron chi connectivity index (χ1n) is 10.0. The summed E-state index contributed by atoms with van der Waals surface area (Å²) in [4.78, 5) is 8.89. The molecule has 1 saturated heterocycles. The third kappa shape index (κ3) is 4.39. The Morgan fingerprint density at radius 1 is 1.13 bits per heavy atom. The summed E-state index contributed by atoms with van der Waals surface area (Å²) in [5, 5.41) is 0.113. The fraction of sp³-hybridized carbons (Fsp3) is 0.364. The van der Waals surface area contributed by atoms with Crippen LogP contribution in [-0.4, -0.2) is 47.5 Å². The van der Waals surface area contributed by atoms with Gasteiger partial charge in [-0.15, -0.1) is 0 Å². The lowest BCUT2D eigenvalue weighted by Gasteiger charge is -2.30. The van der Waals surface area contributed by atoms with Crippen molar-refractivity contribution in [1.82, 2.24) is 18.8 Å². The van der Waals surface area contributed by atoms with Gasteiger partial charge in [0.25, 0.3) is 10.0 Å². The van der Waals surface area contributed by atoms with Gasteiger partial charge in [-0.1, -0.05) is 18.2 Å². The second-order valence-corrected chi connectivity index (χ2v) is 9.52. The van der Waals surface area contributed by atoms with Gasteiger partial charge in [0.05, 0.1) is 13.4 Å². The maximum Gasteiger partial charge on any atom is 0.262 e. The van der Waals surface area contributed by atoms with Crippen molar-refractivity contribution < 1.29 is 13.2 Å². The minimum atomic E-state index is -3.53. The monoisotopic (exact) mass is 426 g/mol. The van der Waals surface area contributed by atoms with Crippen molar-refractivity contribution in [2.75, 3.05) is 20.2 Å². The van der Waals surface area contributed by atoms with E-state index < -0.39 is 10.0 Å². The molecule has 8 heteroatoms. The first-order chi connectivity index (χ1) is 14.5. The summed E-state index contributed by atoms with van der Waals surface area (Å²) in [5.41, 5.74) is 3.19. The van der Waals surface area contributed by atoms with Gasteiger partial charge in [-0.25, -0.2) is 13.4 Å². The van der Waals surface area contributed by atoms with Crippen molar-refractivity contribution in [3.05, 3.63) is 71.9 Å². The van der Waals surface area contributed by atoms with E-state index in [0.29, 0.717) is 13.1 Å². The molecule has 2 aromatic heterocycles. The molecule has 0 atom stereocenters. The largest absolute Gasteiger partial charge is 0.497 e. The zero-order valence-corrected chi connectivity index (χ0v) is 18.0. The molecule has 0 N–H and O–H groups in total. The number of rotatable bonds is 6. The number of imidazole rings is 1. The number of ether oxygens (including phenoxy) is 1. The van der Waals surface area contributed by atoms with Crippen molar-refractivity contribution in [1.29, 1.82) is 0 Å². The first-order valence-corrected chi connectivity index (χ1v) is 11.5. The molecule has 0 amide bonds. The average Bonchev–Trinajstić information content (AvgIpc) is 3.21. The summed E-state index contributed by atoms with van der Waals surface area (Å²) in [6, 6.07) is 14.1. The molecular weight excluding hydrogens is 400 g/mol. The SMILES string of the molecule is COc1cccc(Cc2cccc(C3CCN(S(=O)(=O)c4cn(C)cn4)CC3)n2)c1. The Morgan fingerprint density at radius 2 is 1.90 bits per heavy atom. The number of benzene rings is 1. The fourth-order valence-corrected chi connectivity index (χ4v) is 5.30. The maximum atomic E-state index is 12.8. The van der Waals surface area contributed by atoms with Crippen LogP contribution >= 0.6 is 0 Å². The van der Waals surface area contributed by atoms with Gasteiger partial charge >= 0.3 is 0 Å². The minimum absolute atomic E-state index is 0.113. The number of aromatic nitrogens is 3. The van der Waals surface area contributed by atoms with Gasteiger partial charge in [0, 0.05) is 50.1 Å². The van der Waals surface area contributed by atoms with Crippen LogP contribution in [0, 0.1) is 0 Å². The molecule has 0 saturated carbocycles. The predicted molar refractivity (Wildman–Crippen MR) is 114 cm³/mol. The van der Waals surface area contributed by atoms with Crippen LogP contribution in [0.15, 0.2) is 60.0 Å². The molecule has 0 bridgehead atoms. The van der Waals surface area contributed by atoms with Crippen LogP contribution in [0.25, 0.3) is 0 Å². The van der Waals surface area contributed by atoms with Gasteiger partial charge in [0.1, 0.15) is 5.75 Å². The zero-order chi connectivity index (χ0) is 21.1. The Morgan fingerprint density at radius 3 is 2.60 bits per heavy atom. The molecule has 0 aliphatic carbocycles. The lowest BCUT2D eigenvalue weighted by Crippen LogP contribution is -2.38. The molecule has 30 heavy (non-hydrogen) atoms. The highest BCUT2D eigenvalue weighted by Gasteiger charge is 2.31. The number of nitrogens with zero attached hydrogens (tertiary/aromatic N) is 4. The van der Waals surface area contributed by atoms with Gasteiger partial charge in [0.15, 0.2) is 5.03 Å². The van der Waals surface area contributed by atoms with E-state index in [2.05, 4.69) is 11.1 Å². The highest BCUT2D eigenvalue weighted by molar-refractivity contribution is 7.89. The van der Waals surface area contributed by atoms with Gasteiger partial charge in [-0.05, 0) is 42.7 Å². The van der Waals surface area contributed by atoms with E-state index in [9.17, 15) is 8.42 Å². The molecule has 7 nitrogen and oxygen atoms in total. The minimum Gasteiger partial charge on any atom is -0.497 e. The van der Waals surface area contributed by atoms with Gasteiger partial charge < -0.3 is 9.30 Å². The summed E-state index contributed by atoms with van der Waals surface area (Å²) in [6.07, 6.45) is 5.30. The van der Waals surface area contributed by atoms with Crippen LogP contribution in [-0.2, 0) is 23.5 Å². The van der Waals surface area contributed by atoms with E-state index in [-0.39, 0.29) is 10.9 Å². The quantitative estimate of drug-likeness (QED) is 0.606. The number of sulfonamides is 1. The van der Waals surface area contributed by atoms with Crippen LogP contribution in [0.4, 0.5) is 0 Å². The number of hydrogen-bond donors (Lipinski definition) is 0. The molecule has 158 valence electrons. The molecule has 3 heterocycles.